The smallest absolute Gasteiger partial charge is 0.202 e. The summed E-state index contributed by atoms with van der Waals surface area (Å²) < 4.78 is 1.50. The molecule has 0 atom stereocenters. The van der Waals surface area contributed by atoms with Crippen molar-refractivity contribution in [1.82, 2.24) is 0 Å². The number of hydrogen-bond donors (Lipinski definition) is 0. The van der Waals surface area contributed by atoms with Crippen LogP contribution in [0.2, 0.25) is 0 Å². The van der Waals surface area contributed by atoms with E-state index in [2.05, 4.69) is 5.10 Å². The Hall–Kier alpha value is -1.38. The highest BCUT2D eigenvalue weighted by atomic mass is 16.3. The molecule has 0 N–H and O–H groups in total. The van der Waals surface area contributed by atoms with Gasteiger partial charge in [0, 0.05) is 18.0 Å². The Balaban J connectivity index is 2.91. The van der Waals surface area contributed by atoms with E-state index in [0.29, 0.717) is 0 Å². The third-order valence-corrected chi connectivity index (χ3v) is 1.24. The largest absolute Gasteiger partial charge is 0.858 e. The Kier molecular flexibility index (Phi) is 2.21. The third-order valence-electron chi connectivity index (χ3n) is 1.24. The molecule has 58 valence electrons. The van der Waals surface area contributed by atoms with E-state index >= 15 is 0 Å². The first kappa shape index (κ1) is 7.72. The molecule has 0 fully saturated rings. The highest BCUT2D eigenvalue weighted by molar-refractivity contribution is 5.67. The van der Waals surface area contributed by atoms with Crippen LogP contribution in [0, 0.1) is 6.92 Å². The van der Waals surface area contributed by atoms with Crippen LogP contribution in [0.1, 0.15) is 12.5 Å². The predicted octanol–water partition coefficient (Wildman–Crippen LogP) is -0.176. The SMILES string of the molecule is C/C([O-])=N/[n+]1ccc(C)cc1. The van der Waals surface area contributed by atoms with Gasteiger partial charge in [-0.15, -0.1) is 0 Å². The number of aromatic nitrogens is 1. The number of nitrogens with zero attached hydrogens (tertiary/aromatic N) is 2. The van der Waals surface area contributed by atoms with Crippen molar-refractivity contribution in [3.05, 3.63) is 30.1 Å². The van der Waals surface area contributed by atoms with Crippen LogP contribution in [0.3, 0.4) is 0 Å². The Morgan fingerprint density at radius 2 is 2.00 bits per heavy atom. The molecule has 0 aliphatic rings. The zero-order chi connectivity index (χ0) is 8.27. The average molecular weight is 150 g/mol. The molecule has 0 saturated carbocycles. The zero-order valence-corrected chi connectivity index (χ0v) is 6.61. The molecular weight excluding hydrogens is 140 g/mol. The van der Waals surface area contributed by atoms with Crippen molar-refractivity contribution in [1.29, 1.82) is 0 Å². The number of rotatable bonds is 1. The number of aryl methyl sites for hydroxylation is 1. The summed E-state index contributed by atoms with van der Waals surface area (Å²) in [5.74, 6) is -0.196. The van der Waals surface area contributed by atoms with Crippen molar-refractivity contribution in [2.24, 2.45) is 5.10 Å². The molecule has 11 heavy (non-hydrogen) atoms. The normalized spacial score (nSPS) is 11.6. The Morgan fingerprint density at radius 1 is 1.45 bits per heavy atom. The van der Waals surface area contributed by atoms with Crippen LogP contribution in [0.5, 0.6) is 0 Å². The van der Waals surface area contributed by atoms with E-state index in [9.17, 15) is 5.11 Å². The molecule has 0 aromatic carbocycles. The Bertz CT molecular complexity index is 260. The lowest BCUT2D eigenvalue weighted by atomic mass is 10.3. The number of hydrogen-bond acceptors (Lipinski definition) is 2. The van der Waals surface area contributed by atoms with E-state index < -0.39 is 0 Å². The second-order valence-electron chi connectivity index (χ2n) is 2.37. The van der Waals surface area contributed by atoms with Gasteiger partial charge in [-0.25, -0.2) is 0 Å². The average Bonchev–Trinajstić information content (AvgIpc) is 1.93. The van der Waals surface area contributed by atoms with E-state index in [-0.39, 0.29) is 5.90 Å². The monoisotopic (exact) mass is 150 g/mol. The first-order valence-corrected chi connectivity index (χ1v) is 3.39. The van der Waals surface area contributed by atoms with Gasteiger partial charge < -0.3 is 5.11 Å². The molecule has 0 aliphatic heterocycles. The summed E-state index contributed by atoms with van der Waals surface area (Å²) in [5.41, 5.74) is 1.15. The molecule has 3 heteroatoms. The Labute approximate surface area is 65.6 Å². The van der Waals surface area contributed by atoms with Crippen LogP contribution >= 0.6 is 0 Å². The maximum Gasteiger partial charge on any atom is 0.202 e. The second-order valence-corrected chi connectivity index (χ2v) is 2.37. The predicted molar refractivity (Wildman–Crippen MR) is 39.9 cm³/mol. The minimum atomic E-state index is -0.196. The van der Waals surface area contributed by atoms with Gasteiger partial charge in [0.2, 0.25) is 12.4 Å². The van der Waals surface area contributed by atoms with E-state index in [1.807, 2.05) is 19.1 Å². The molecule has 1 aromatic rings. The van der Waals surface area contributed by atoms with Gasteiger partial charge in [-0.2, -0.15) is 0 Å². The van der Waals surface area contributed by atoms with Crippen molar-refractivity contribution in [2.45, 2.75) is 13.8 Å². The fourth-order valence-electron chi connectivity index (χ4n) is 0.722. The molecule has 0 unspecified atom stereocenters. The molecule has 0 bridgehead atoms. The lowest BCUT2D eigenvalue weighted by Crippen LogP contribution is -2.31. The van der Waals surface area contributed by atoms with Gasteiger partial charge in [0.15, 0.2) is 0 Å². The molecule has 1 aromatic heterocycles. The van der Waals surface area contributed by atoms with Gasteiger partial charge in [0.25, 0.3) is 0 Å². The fourth-order valence-corrected chi connectivity index (χ4v) is 0.722. The molecule has 0 amide bonds. The van der Waals surface area contributed by atoms with Crippen LogP contribution in [0.4, 0.5) is 0 Å². The zero-order valence-electron chi connectivity index (χ0n) is 6.61. The van der Waals surface area contributed by atoms with E-state index in [1.54, 1.807) is 12.4 Å². The molecule has 3 nitrogen and oxygen atoms in total. The molecule has 0 spiro atoms. The quantitative estimate of drug-likeness (QED) is 0.311. The van der Waals surface area contributed by atoms with Crippen molar-refractivity contribution in [2.75, 3.05) is 0 Å². The summed E-state index contributed by atoms with van der Waals surface area (Å²) >= 11 is 0. The lowest BCUT2D eigenvalue weighted by Gasteiger charge is -1.95. The minimum absolute atomic E-state index is 0.196. The van der Waals surface area contributed by atoms with E-state index in [0.717, 1.165) is 5.56 Å². The van der Waals surface area contributed by atoms with Crippen molar-refractivity contribution in [3.8, 4) is 0 Å². The lowest BCUT2D eigenvalue weighted by molar-refractivity contribution is -0.681. The maximum absolute atomic E-state index is 10.5. The summed E-state index contributed by atoms with van der Waals surface area (Å²) in [6.45, 7) is 3.41. The maximum atomic E-state index is 10.5. The van der Waals surface area contributed by atoms with Crippen molar-refractivity contribution < 1.29 is 9.78 Å². The highest BCUT2D eigenvalue weighted by Gasteiger charge is 1.92. The molecule has 1 rings (SSSR count). The second kappa shape index (κ2) is 3.14. The van der Waals surface area contributed by atoms with Crippen LogP contribution in [0.25, 0.3) is 0 Å². The van der Waals surface area contributed by atoms with Crippen molar-refractivity contribution >= 4 is 5.90 Å². The molecular formula is C8H10N2O. The molecule has 1 heterocycles. The number of pyridine rings is 1. The fraction of sp³-hybridized carbons (Fsp3) is 0.250. The summed E-state index contributed by atoms with van der Waals surface area (Å²) in [5, 5.41) is 14.2. The van der Waals surface area contributed by atoms with Gasteiger partial charge in [-0.1, -0.05) is 4.68 Å². The molecule has 0 aliphatic carbocycles. The summed E-state index contributed by atoms with van der Waals surface area (Å²) in [7, 11) is 0. The van der Waals surface area contributed by atoms with E-state index in [1.165, 1.54) is 11.6 Å². The highest BCUT2D eigenvalue weighted by Crippen LogP contribution is 1.88. The van der Waals surface area contributed by atoms with Gasteiger partial charge in [0.05, 0.1) is 0 Å². The standard InChI is InChI=1S/C8H10N2O/c1-7-3-5-10(6-4-7)9-8(2)11/h3-6H,1-2H3. The topological polar surface area (TPSA) is 39.3 Å². The summed E-state index contributed by atoms with van der Waals surface area (Å²) in [4.78, 5) is 0. The van der Waals surface area contributed by atoms with Gasteiger partial charge in [0.1, 0.15) is 0 Å². The van der Waals surface area contributed by atoms with Crippen LogP contribution in [0.15, 0.2) is 29.6 Å². The van der Waals surface area contributed by atoms with Crippen LogP contribution in [-0.2, 0) is 0 Å². The van der Waals surface area contributed by atoms with Gasteiger partial charge in [-0.05, 0) is 24.5 Å². The third kappa shape index (κ3) is 2.37. The van der Waals surface area contributed by atoms with E-state index in [4.69, 9.17) is 0 Å². The first-order chi connectivity index (χ1) is 5.18. The summed E-state index contributed by atoms with van der Waals surface area (Å²) in [6, 6.07) is 3.79. The minimum Gasteiger partial charge on any atom is -0.858 e. The van der Waals surface area contributed by atoms with Gasteiger partial charge >= 0.3 is 0 Å². The molecule has 0 saturated heterocycles. The Morgan fingerprint density at radius 3 is 2.45 bits per heavy atom. The summed E-state index contributed by atoms with van der Waals surface area (Å²) in [6.07, 6.45) is 3.49. The van der Waals surface area contributed by atoms with Gasteiger partial charge in [-0.3, -0.25) is 0 Å². The molecule has 0 radical (unpaired) electrons. The van der Waals surface area contributed by atoms with Crippen LogP contribution < -0.4 is 9.78 Å². The van der Waals surface area contributed by atoms with Crippen LogP contribution in [-0.4, -0.2) is 5.90 Å². The van der Waals surface area contributed by atoms with Crippen molar-refractivity contribution in [3.63, 3.8) is 0 Å². The first-order valence-electron chi connectivity index (χ1n) is 3.39.